The molecular formula is C10H22N2O. The average molecular weight is 186 g/mol. The molecule has 78 valence electrons. The molecule has 0 aromatic carbocycles. The lowest BCUT2D eigenvalue weighted by Crippen LogP contribution is -2.35. The van der Waals surface area contributed by atoms with Crippen LogP contribution in [0.25, 0.3) is 0 Å². The summed E-state index contributed by atoms with van der Waals surface area (Å²) in [6.45, 7) is 6.39. The number of hydrogen-bond donors (Lipinski definition) is 1. The van der Waals surface area contributed by atoms with Gasteiger partial charge in [0.05, 0.1) is 6.54 Å². The predicted molar refractivity (Wildman–Crippen MR) is 55.7 cm³/mol. The van der Waals surface area contributed by atoms with Gasteiger partial charge in [-0.25, -0.2) is 0 Å². The number of unbranched alkanes of at least 4 members (excludes halogenated alkanes) is 2. The molecule has 0 aromatic heterocycles. The van der Waals surface area contributed by atoms with Crippen LogP contribution in [-0.2, 0) is 4.79 Å². The minimum absolute atomic E-state index is 0.193. The van der Waals surface area contributed by atoms with Gasteiger partial charge in [0.2, 0.25) is 5.91 Å². The molecule has 0 spiro atoms. The Bertz CT molecular complexity index is 137. The van der Waals surface area contributed by atoms with E-state index in [0.717, 1.165) is 19.5 Å². The molecule has 0 rings (SSSR count). The number of likely N-dealkylation sites (N-methyl/N-ethyl adjacent to an activating group) is 2. The van der Waals surface area contributed by atoms with E-state index in [4.69, 9.17) is 0 Å². The van der Waals surface area contributed by atoms with Gasteiger partial charge >= 0.3 is 0 Å². The quantitative estimate of drug-likeness (QED) is 0.607. The lowest BCUT2D eigenvalue weighted by Gasteiger charge is -2.16. The van der Waals surface area contributed by atoms with Crippen molar-refractivity contribution in [2.24, 2.45) is 0 Å². The molecule has 13 heavy (non-hydrogen) atoms. The number of carbonyl (C=O) groups excluding carboxylic acids is 1. The highest BCUT2D eigenvalue weighted by atomic mass is 16.2. The Morgan fingerprint density at radius 3 is 2.54 bits per heavy atom. The molecule has 0 atom stereocenters. The normalized spacial score (nSPS) is 10.1. The fourth-order valence-corrected chi connectivity index (χ4v) is 1.09. The molecule has 0 aromatic rings. The number of hydrogen-bond acceptors (Lipinski definition) is 2. The molecule has 0 heterocycles. The van der Waals surface area contributed by atoms with Crippen molar-refractivity contribution in [2.75, 3.05) is 26.7 Å². The third kappa shape index (κ3) is 6.58. The van der Waals surface area contributed by atoms with Crippen molar-refractivity contribution in [3.8, 4) is 0 Å². The van der Waals surface area contributed by atoms with E-state index in [1.807, 2.05) is 14.0 Å². The highest BCUT2D eigenvalue weighted by molar-refractivity contribution is 5.77. The van der Waals surface area contributed by atoms with E-state index in [0.29, 0.717) is 6.54 Å². The first-order valence-electron chi connectivity index (χ1n) is 5.17. The van der Waals surface area contributed by atoms with Crippen molar-refractivity contribution in [3.05, 3.63) is 0 Å². The van der Waals surface area contributed by atoms with E-state index in [1.165, 1.54) is 12.8 Å². The van der Waals surface area contributed by atoms with Crippen LogP contribution in [0.1, 0.15) is 33.1 Å². The van der Waals surface area contributed by atoms with Crippen LogP contribution in [0.5, 0.6) is 0 Å². The molecule has 3 nitrogen and oxygen atoms in total. The number of nitrogens with zero attached hydrogens (tertiary/aromatic N) is 1. The van der Waals surface area contributed by atoms with Gasteiger partial charge in [0.25, 0.3) is 0 Å². The Morgan fingerprint density at radius 1 is 1.31 bits per heavy atom. The first-order valence-corrected chi connectivity index (χ1v) is 5.17. The number of nitrogens with one attached hydrogen (secondary N) is 1. The van der Waals surface area contributed by atoms with Gasteiger partial charge in [-0.1, -0.05) is 26.7 Å². The topological polar surface area (TPSA) is 32.3 Å². The molecule has 0 radical (unpaired) electrons. The second-order valence-corrected chi connectivity index (χ2v) is 3.30. The van der Waals surface area contributed by atoms with Gasteiger partial charge in [0, 0.05) is 13.6 Å². The van der Waals surface area contributed by atoms with Gasteiger partial charge in [-0.3, -0.25) is 4.79 Å². The van der Waals surface area contributed by atoms with Crippen LogP contribution in [0.3, 0.4) is 0 Å². The molecule has 1 N–H and O–H groups in total. The van der Waals surface area contributed by atoms with E-state index in [-0.39, 0.29) is 5.91 Å². The second kappa shape index (κ2) is 8.05. The molecule has 0 fully saturated rings. The Balaban J connectivity index is 3.45. The molecule has 0 aliphatic rings. The maximum atomic E-state index is 11.4. The lowest BCUT2D eigenvalue weighted by molar-refractivity contribution is -0.129. The van der Waals surface area contributed by atoms with Crippen LogP contribution in [-0.4, -0.2) is 37.5 Å². The summed E-state index contributed by atoms with van der Waals surface area (Å²) >= 11 is 0. The molecule has 0 bridgehead atoms. The average Bonchev–Trinajstić information content (AvgIpc) is 2.14. The van der Waals surface area contributed by atoms with Crippen molar-refractivity contribution in [2.45, 2.75) is 33.1 Å². The Morgan fingerprint density at radius 2 is 2.00 bits per heavy atom. The Hall–Kier alpha value is -0.570. The standard InChI is InChI=1S/C10H22N2O/c1-4-6-7-8-12(3)10(13)9-11-5-2/h11H,4-9H2,1-3H3. The maximum absolute atomic E-state index is 11.4. The van der Waals surface area contributed by atoms with Crippen molar-refractivity contribution in [1.82, 2.24) is 10.2 Å². The Kier molecular flexibility index (Phi) is 7.69. The highest BCUT2D eigenvalue weighted by Gasteiger charge is 2.05. The van der Waals surface area contributed by atoms with E-state index >= 15 is 0 Å². The first-order chi connectivity index (χ1) is 6.22. The van der Waals surface area contributed by atoms with Crippen LogP contribution in [0, 0.1) is 0 Å². The van der Waals surface area contributed by atoms with E-state index < -0.39 is 0 Å². The Labute approximate surface area is 81.5 Å². The molecule has 1 amide bonds. The molecule has 0 aliphatic heterocycles. The molecular weight excluding hydrogens is 164 g/mol. The smallest absolute Gasteiger partial charge is 0.236 e. The summed E-state index contributed by atoms with van der Waals surface area (Å²) in [5, 5.41) is 3.03. The summed E-state index contributed by atoms with van der Waals surface area (Å²) < 4.78 is 0. The van der Waals surface area contributed by atoms with Crippen molar-refractivity contribution in [1.29, 1.82) is 0 Å². The third-order valence-corrected chi connectivity index (χ3v) is 2.05. The zero-order chi connectivity index (χ0) is 10.1. The summed E-state index contributed by atoms with van der Waals surface area (Å²) in [6.07, 6.45) is 3.53. The third-order valence-electron chi connectivity index (χ3n) is 2.05. The van der Waals surface area contributed by atoms with E-state index in [1.54, 1.807) is 4.90 Å². The zero-order valence-corrected chi connectivity index (χ0v) is 9.10. The fourth-order valence-electron chi connectivity index (χ4n) is 1.09. The SMILES string of the molecule is CCCCCN(C)C(=O)CNCC. The summed E-state index contributed by atoms with van der Waals surface area (Å²) in [5.74, 6) is 0.193. The fraction of sp³-hybridized carbons (Fsp3) is 0.900. The number of amides is 1. The van der Waals surface area contributed by atoms with Crippen molar-refractivity contribution < 1.29 is 4.79 Å². The summed E-state index contributed by atoms with van der Waals surface area (Å²) in [6, 6.07) is 0. The number of rotatable bonds is 7. The van der Waals surface area contributed by atoms with Gasteiger partial charge in [-0.15, -0.1) is 0 Å². The maximum Gasteiger partial charge on any atom is 0.236 e. The second-order valence-electron chi connectivity index (χ2n) is 3.30. The van der Waals surface area contributed by atoms with Gasteiger partial charge in [-0.05, 0) is 13.0 Å². The van der Waals surface area contributed by atoms with Crippen LogP contribution in [0.15, 0.2) is 0 Å². The molecule has 0 saturated heterocycles. The van der Waals surface area contributed by atoms with Crippen LogP contribution in [0.2, 0.25) is 0 Å². The molecule has 0 aliphatic carbocycles. The van der Waals surface area contributed by atoms with Gasteiger partial charge in [0.1, 0.15) is 0 Å². The largest absolute Gasteiger partial charge is 0.345 e. The summed E-state index contributed by atoms with van der Waals surface area (Å²) in [7, 11) is 1.87. The monoisotopic (exact) mass is 186 g/mol. The molecule has 3 heteroatoms. The van der Waals surface area contributed by atoms with Crippen LogP contribution < -0.4 is 5.32 Å². The zero-order valence-electron chi connectivity index (χ0n) is 9.10. The van der Waals surface area contributed by atoms with Crippen molar-refractivity contribution in [3.63, 3.8) is 0 Å². The lowest BCUT2D eigenvalue weighted by atomic mass is 10.2. The van der Waals surface area contributed by atoms with E-state index in [2.05, 4.69) is 12.2 Å². The molecule has 0 unspecified atom stereocenters. The summed E-state index contributed by atoms with van der Waals surface area (Å²) in [5.41, 5.74) is 0. The van der Waals surface area contributed by atoms with Crippen LogP contribution >= 0.6 is 0 Å². The van der Waals surface area contributed by atoms with Crippen molar-refractivity contribution >= 4 is 5.91 Å². The van der Waals surface area contributed by atoms with Gasteiger partial charge < -0.3 is 10.2 Å². The van der Waals surface area contributed by atoms with Gasteiger partial charge in [0.15, 0.2) is 0 Å². The molecule has 0 saturated carbocycles. The van der Waals surface area contributed by atoms with Gasteiger partial charge in [-0.2, -0.15) is 0 Å². The minimum Gasteiger partial charge on any atom is -0.345 e. The van der Waals surface area contributed by atoms with E-state index in [9.17, 15) is 4.79 Å². The first kappa shape index (κ1) is 12.4. The van der Waals surface area contributed by atoms with Crippen LogP contribution in [0.4, 0.5) is 0 Å². The highest BCUT2D eigenvalue weighted by Crippen LogP contribution is 1.96. The summed E-state index contributed by atoms with van der Waals surface area (Å²) in [4.78, 5) is 13.2. The number of carbonyl (C=O) groups is 1. The predicted octanol–water partition coefficient (Wildman–Crippen LogP) is 1.24. The minimum atomic E-state index is 0.193.